The van der Waals surface area contributed by atoms with E-state index < -0.39 is 0 Å². The molecule has 6 heteroatoms. The van der Waals surface area contributed by atoms with Crippen LogP contribution in [-0.4, -0.2) is 53.5 Å². The van der Waals surface area contributed by atoms with E-state index >= 15 is 0 Å². The fraction of sp³-hybridized carbons (Fsp3) is 0.450. The van der Waals surface area contributed by atoms with Crippen LogP contribution in [0.2, 0.25) is 0 Å². The number of pyridine rings is 2. The molecule has 0 radical (unpaired) electrons. The molecule has 26 heavy (non-hydrogen) atoms. The van der Waals surface area contributed by atoms with Crippen LogP contribution in [0.3, 0.4) is 0 Å². The van der Waals surface area contributed by atoms with Crippen LogP contribution in [0.4, 0.5) is 11.5 Å². The first kappa shape index (κ1) is 18.2. The van der Waals surface area contributed by atoms with Crippen LogP contribution in [0.25, 0.3) is 0 Å². The summed E-state index contributed by atoms with van der Waals surface area (Å²) in [6.07, 6.45) is 7.06. The van der Waals surface area contributed by atoms with Crippen LogP contribution in [0.5, 0.6) is 0 Å². The molecule has 0 spiro atoms. The van der Waals surface area contributed by atoms with E-state index in [9.17, 15) is 4.79 Å². The van der Waals surface area contributed by atoms with Gasteiger partial charge in [-0.3, -0.25) is 9.78 Å². The predicted molar refractivity (Wildman–Crippen MR) is 105 cm³/mol. The van der Waals surface area contributed by atoms with E-state index in [1.165, 1.54) is 12.8 Å². The van der Waals surface area contributed by atoms with Gasteiger partial charge in [0.2, 0.25) is 0 Å². The van der Waals surface area contributed by atoms with Gasteiger partial charge in [0.1, 0.15) is 11.5 Å². The summed E-state index contributed by atoms with van der Waals surface area (Å²) in [7, 11) is 0. The summed E-state index contributed by atoms with van der Waals surface area (Å²) in [5.41, 5.74) is 1.48. The van der Waals surface area contributed by atoms with Crippen molar-refractivity contribution < 1.29 is 4.79 Å². The van der Waals surface area contributed by atoms with E-state index in [0.29, 0.717) is 18.8 Å². The number of rotatable bonds is 7. The third-order valence-electron chi connectivity index (χ3n) is 4.63. The van der Waals surface area contributed by atoms with Crippen molar-refractivity contribution in [2.75, 3.05) is 42.9 Å². The Hall–Kier alpha value is -2.63. The number of nitrogens with zero attached hydrogens (tertiary/aromatic N) is 4. The lowest BCUT2D eigenvalue weighted by Gasteiger charge is -2.35. The summed E-state index contributed by atoms with van der Waals surface area (Å²) in [5, 5.41) is 3.38. The van der Waals surface area contributed by atoms with Crippen molar-refractivity contribution in [3.05, 3.63) is 48.4 Å². The zero-order valence-corrected chi connectivity index (χ0v) is 15.4. The van der Waals surface area contributed by atoms with Crippen molar-refractivity contribution in [2.24, 2.45) is 0 Å². The van der Waals surface area contributed by atoms with Gasteiger partial charge in [-0.1, -0.05) is 25.8 Å². The average molecular weight is 353 g/mol. The molecule has 1 fully saturated rings. The number of piperazine rings is 1. The number of hydrogen-bond acceptors (Lipinski definition) is 5. The maximum absolute atomic E-state index is 12.8. The van der Waals surface area contributed by atoms with Gasteiger partial charge in [0, 0.05) is 50.8 Å². The number of amides is 1. The minimum Gasteiger partial charge on any atom is -0.385 e. The summed E-state index contributed by atoms with van der Waals surface area (Å²) in [6, 6.07) is 9.69. The molecule has 1 aliphatic heterocycles. The number of nitrogens with one attached hydrogen (secondary N) is 1. The molecule has 2 aromatic heterocycles. The SMILES string of the molecule is CCCCCNc1ccnc(C(=O)N2CCN(c3ccccn3)CC2)c1. The van der Waals surface area contributed by atoms with E-state index in [4.69, 9.17) is 0 Å². The van der Waals surface area contributed by atoms with E-state index in [2.05, 4.69) is 27.1 Å². The minimum absolute atomic E-state index is 0.00267. The molecule has 0 aliphatic carbocycles. The van der Waals surface area contributed by atoms with Crippen molar-refractivity contribution in [1.82, 2.24) is 14.9 Å². The first-order valence-corrected chi connectivity index (χ1v) is 9.43. The van der Waals surface area contributed by atoms with Gasteiger partial charge in [-0.05, 0) is 30.7 Å². The van der Waals surface area contributed by atoms with E-state index in [0.717, 1.165) is 37.6 Å². The highest BCUT2D eigenvalue weighted by Gasteiger charge is 2.23. The maximum atomic E-state index is 12.8. The standard InChI is InChI=1S/C20H27N5O/c1-2-3-5-9-21-17-8-11-22-18(16-17)20(26)25-14-12-24(13-15-25)19-7-4-6-10-23-19/h4,6-8,10-11,16H,2-3,5,9,12-15H2,1H3,(H,21,22). The van der Waals surface area contributed by atoms with Crippen molar-refractivity contribution in [1.29, 1.82) is 0 Å². The Morgan fingerprint density at radius 1 is 1.08 bits per heavy atom. The molecular formula is C20H27N5O. The molecule has 0 unspecified atom stereocenters. The Morgan fingerprint density at radius 2 is 1.92 bits per heavy atom. The van der Waals surface area contributed by atoms with Gasteiger partial charge in [0.25, 0.3) is 5.91 Å². The molecule has 1 saturated heterocycles. The second-order valence-electron chi connectivity index (χ2n) is 6.53. The zero-order chi connectivity index (χ0) is 18.2. The lowest BCUT2D eigenvalue weighted by Crippen LogP contribution is -2.49. The topological polar surface area (TPSA) is 61.4 Å². The molecule has 3 rings (SSSR count). The predicted octanol–water partition coefficient (Wildman–Crippen LogP) is 3.04. The van der Waals surface area contributed by atoms with E-state index in [-0.39, 0.29) is 5.91 Å². The van der Waals surface area contributed by atoms with Crippen LogP contribution in [0.15, 0.2) is 42.7 Å². The summed E-state index contributed by atoms with van der Waals surface area (Å²) < 4.78 is 0. The molecule has 1 amide bonds. The molecule has 0 aromatic carbocycles. The van der Waals surface area contributed by atoms with E-state index in [1.807, 2.05) is 35.2 Å². The quantitative estimate of drug-likeness (QED) is 0.775. The second-order valence-corrected chi connectivity index (χ2v) is 6.53. The lowest BCUT2D eigenvalue weighted by molar-refractivity contribution is 0.0740. The fourth-order valence-corrected chi connectivity index (χ4v) is 3.11. The molecule has 0 saturated carbocycles. The molecule has 1 aliphatic rings. The fourth-order valence-electron chi connectivity index (χ4n) is 3.11. The van der Waals surface area contributed by atoms with Crippen LogP contribution in [0, 0.1) is 0 Å². The van der Waals surface area contributed by atoms with Gasteiger partial charge in [-0.15, -0.1) is 0 Å². The van der Waals surface area contributed by atoms with Crippen LogP contribution < -0.4 is 10.2 Å². The Balaban J connectivity index is 1.55. The normalized spacial score (nSPS) is 14.3. The summed E-state index contributed by atoms with van der Waals surface area (Å²) in [6.45, 7) is 6.07. The first-order chi connectivity index (χ1) is 12.8. The highest BCUT2D eigenvalue weighted by molar-refractivity contribution is 5.93. The Labute approximate surface area is 155 Å². The van der Waals surface area contributed by atoms with Crippen molar-refractivity contribution in [3.63, 3.8) is 0 Å². The zero-order valence-electron chi connectivity index (χ0n) is 15.4. The molecular weight excluding hydrogens is 326 g/mol. The van der Waals surface area contributed by atoms with Gasteiger partial charge in [0.05, 0.1) is 0 Å². The molecule has 138 valence electrons. The monoisotopic (exact) mass is 353 g/mol. The molecule has 0 bridgehead atoms. The average Bonchev–Trinajstić information content (AvgIpc) is 2.72. The maximum Gasteiger partial charge on any atom is 0.272 e. The highest BCUT2D eigenvalue weighted by Crippen LogP contribution is 2.15. The third kappa shape index (κ3) is 4.71. The second kappa shape index (κ2) is 9.17. The molecule has 3 heterocycles. The number of aromatic nitrogens is 2. The van der Waals surface area contributed by atoms with E-state index in [1.54, 1.807) is 12.4 Å². The molecule has 2 aromatic rings. The van der Waals surface area contributed by atoms with Crippen molar-refractivity contribution in [2.45, 2.75) is 26.2 Å². The number of carbonyl (C=O) groups excluding carboxylic acids is 1. The Kier molecular flexibility index (Phi) is 6.41. The van der Waals surface area contributed by atoms with Gasteiger partial charge < -0.3 is 15.1 Å². The molecule has 1 N–H and O–H groups in total. The highest BCUT2D eigenvalue weighted by atomic mass is 16.2. The third-order valence-corrected chi connectivity index (χ3v) is 4.63. The van der Waals surface area contributed by atoms with Crippen molar-refractivity contribution in [3.8, 4) is 0 Å². The largest absolute Gasteiger partial charge is 0.385 e. The summed E-state index contributed by atoms with van der Waals surface area (Å²) in [5.74, 6) is 0.971. The number of anilines is 2. The number of hydrogen-bond donors (Lipinski definition) is 1. The van der Waals surface area contributed by atoms with Crippen molar-refractivity contribution >= 4 is 17.4 Å². The lowest BCUT2D eigenvalue weighted by atomic mass is 10.2. The number of carbonyl (C=O) groups is 1. The van der Waals surface area contributed by atoms with Crippen LogP contribution in [-0.2, 0) is 0 Å². The van der Waals surface area contributed by atoms with Crippen LogP contribution in [0.1, 0.15) is 36.7 Å². The summed E-state index contributed by atoms with van der Waals surface area (Å²) in [4.78, 5) is 25.5. The number of unbranched alkanes of at least 4 members (excludes halogenated alkanes) is 2. The van der Waals surface area contributed by atoms with Gasteiger partial charge in [-0.2, -0.15) is 0 Å². The van der Waals surface area contributed by atoms with Gasteiger partial charge in [0.15, 0.2) is 0 Å². The molecule has 6 nitrogen and oxygen atoms in total. The smallest absolute Gasteiger partial charge is 0.272 e. The minimum atomic E-state index is 0.00267. The first-order valence-electron chi connectivity index (χ1n) is 9.43. The van der Waals surface area contributed by atoms with Gasteiger partial charge >= 0.3 is 0 Å². The van der Waals surface area contributed by atoms with Crippen LogP contribution >= 0.6 is 0 Å². The Bertz CT molecular complexity index is 698. The summed E-state index contributed by atoms with van der Waals surface area (Å²) >= 11 is 0. The molecule has 0 atom stereocenters. The van der Waals surface area contributed by atoms with Gasteiger partial charge in [-0.25, -0.2) is 4.98 Å². The Morgan fingerprint density at radius 3 is 2.65 bits per heavy atom.